The van der Waals surface area contributed by atoms with Crippen LogP contribution in [0.1, 0.15) is 15.9 Å². The molecule has 12 heteroatoms. The number of aryl methyl sites for hydroxylation is 1. The molecule has 0 saturated carbocycles. The number of non-ortho nitro benzene ring substituents is 1. The van der Waals surface area contributed by atoms with Crippen molar-refractivity contribution in [1.29, 1.82) is 0 Å². The summed E-state index contributed by atoms with van der Waals surface area (Å²) in [6, 6.07) is 14.4. The highest BCUT2D eigenvalue weighted by Gasteiger charge is 2.23. The van der Waals surface area contributed by atoms with Gasteiger partial charge in [0, 0.05) is 30.9 Å². The average molecular weight is 534 g/mol. The van der Waals surface area contributed by atoms with Gasteiger partial charge in [0.1, 0.15) is 11.3 Å². The number of phenols is 1. The van der Waals surface area contributed by atoms with Gasteiger partial charge in [-0.3, -0.25) is 20.2 Å². The molecule has 11 nitrogen and oxygen atoms in total. The van der Waals surface area contributed by atoms with E-state index in [2.05, 4.69) is 15.6 Å². The molecule has 4 aromatic rings. The number of fused-ring (bicyclic) bond motifs is 1. The number of thiocarbonyl (C=S) groups is 1. The number of aromatic hydroxyl groups is 1. The minimum absolute atomic E-state index is 0.0285. The number of amides is 1. The number of ether oxygens (including phenoxy) is 1. The van der Waals surface area contributed by atoms with Crippen molar-refractivity contribution in [2.24, 2.45) is 0 Å². The van der Waals surface area contributed by atoms with E-state index in [4.69, 9.17) is 21.4 Å². The normalized spacial score (nSPS) is 13.3. The molecule has 1 saturated heterocycles. The second-order valence-electron chi connectivity index (χ2n) is 8.69. The van der Waals surface area contributed by atoms with E-state index in [-0.39, 0.29) is 28.0 Å². The third kappa shape index (κ3) is 5.26. The number of benzene rings is 3. The van der Waals surface area contributed by atoms with E-state index in [1.165, 1.54) is 18.2 Å². The number of phenolic OH excluding ortho intramolecular Hbond substituents is 1. The molecule has 1 aromatic heterocycles. The lowest BCUT2D eigenvalue weighted by Gasteiger charge is -2.30. The summed E-state index contributed by atoms with van der Waals surface area (Å²) in [5.41, 5.74) is 3.55. The molecule has 38 heavy (non-hydrogen) atoms. The molecule has 1 fully saturated rings. The predicted octanol–water partition coefficient (Wildman–Crippen LogP) is 4.38. The molecule has 1 aliphatic heterocycles. The van der Waals surface area contributed by atoms with Crippen LogP contribution in [0.5, 0.6) is 5.75 Å². The van der Waals surface area contributed by atoms with E-state index >= 15 is 0 Å². The van der Waals surface area contributed by atoms with Gasteiger partial charge in [-0.1, -0.05) is 6.07 Å². The highest BCUT2D eigenvalue weighted by Crippen LogP contribution is 2.33. The number of nitrogens with zero attached hydrogens (tertiary/aromatic N) is 3. The number of anilines is 2. The molecule has 1 amide bonds. The summed E-state index contributed by atoms with van der Waals surface area (Å²) >= 11 is 5.34. The SMILES string of the molecule is Cc1ccc2oc(-c3cc(NC(=S)NC(=O)c4cc([N+](=O)[O-])ccc4N4CCOCC4)ccc3O)nc2c1. The van der Waals surface area contributed by atoms with Gasteiger partial charge in [-0.25, -0.2) is 4.98 Å². The zero-order chi connectivity index (χ0) is 26.8. The molecule has 3 aromatic carbocycles. The first-order valence-electron chi connectivity index (χ1n) is 11.7. The molecule has 0 spiro atoms. The second-order valence-corrected chi connectivity index (χ2v) is 9.10. The molecule has 194 valence electrons. The van der Waals surface area contributed by atoms with Crippen molar-refractivity contribution in [3.63, 3.8) is 0 Å². The van der Waals surface area contributed by atoms with Gasteiger partial charge in [0.05, 0.1) is 35.0 Å². The van der Waals surface area contributed by atoms with Gasteiger partial charge in [-0.15, -0.1) is 0 Å². The van der Waals surface area contributed by atoms with Crippen LogP contribution in [0.15, 0.2) is 59.0 Å². The van der Waals surface area contributed by atoms with Crippen LogP contribution < -0.4 is 15.5 Å². The summed E-state index contributed by atoms with van der Waals surface area (Å²) in [6.07, 6.45) is 0. The molecule has 5 rings (SSSR count). The van der Waals surface area contributed by atoms with Crippen LogP contribution >= 0.6 is 12.2 Å². The van der Waals surface area contributed by atoms with E-state index in [1.807, 2.05) is 30.0 Å². The number of carbonyl (C=O) groups excluding carboxylic acids is 1. The van der Waals surface area contributed by atoms with Gasteiger partial charge in [-0.2, -0.15) is 0 Å². The Kier molecular flexibility index (Phi) is 6.90. The summed E-state index contributed by atoms with van der Waals surface area (Å²) in [4.78, 5) is 30.4. The number of morpholine rings is 1. The highest BCUT2D eigenvalue weighted by molar-refractivity contribution is 7.80. The maximum absolute atomic E-state index is 13.2. The molecule has 2 heterocycles. The van der Waals surface area contributed by atoms with Gasteiger partial charge >= 0.3 is 0 Å². The Morgan fingerprint density at radius 2 is 1.92 bits per heavy atom. The number of carbonyl (C=O) groups is 1. The maximum Gasteiger partial charge on any atom is 0.270 e. The van der Waals surface area contributed by atoms with E-state index < -0.39 is 10.8 Å². The molecule has 0 unspecified atom stereocenters. The predicted molar refractivity (Wildman–Crippen MR) is 146 cm³/mol. The first-order chi connectivity index (χ1) is 18.3. The van der Waals surface area contributed by atoms with Crippen molar-refractivity contribution in [3.05, 3.63) is 75.8 Å². The lowest BCUT2D eigenvalue weighted by atomic mass is 10.1. The monoisotopic (exact) mass is 533 g/mol. The van der Waals surface area contributed by atoms with Gasteiger partial charge < -0.3 is 24.5 Å². The van der Waals surface area contributed by atoms with Crippen molar-refractivity contribution in [3.8, 4) is 17.2 Å². The zero-order valence-electron chi connectivity index (χ0n) is 20.3. The smallest absolute Gasteiger partial charge is 0.270 e. The van der Waals surface area contributed by atoms with Gasteiger partial charge in [0.2, 0.25) is 5.89 Å². The topological polar surface area (TPSA) is 143 Å². The fraction of sp³-hybridized carbons (Fsp3) is 0.192. The molecular formula is C26H23N5O6S. The zero-order valence-corrected chi connectivity index (χ0v) is 21.1. The minimum atomic E-state index is -0.596. The lowest BCUT2D eigenvalue weighted by Crippen LogP contribution is -2.39. The van der Waals surface area contributed by atoms with Crippen molar-refractivity contribution < 1.29 is 24.0 Å². The van der Waals surface area contributed by atoms with Gasteiger partial charge in [-0.05, 0) is 61.1 Å². The number of hydrogen-bond donors (Lipinski definition) is 3. The number of oxazole rings is 1. The largest absolute Gasteiger partial charge is 0.507 e. The Balaban J connectivity index is 1.36. The molecule has 3 N–H and O–H groups in total. The van der Waals surface area contributed by atoms with E-state index in [0.29, 0.717) is 54.3 Å². The molecule has 1 aliphatic rings. The first-order valence-corrected chi connectivity index (χ1v) is 12.1. The van der Waals surface area contributed by atoms with Crippen LogP contribution in [-0.2, 0) is 4.74 Å². The van der Waals surface area contributed by atoms with Crippen LogP contribution in [0, 0.1) is 17.0 Å². The minimum Gasteiger partial charge on any atom is -0.507 e. The average Bonchev–Trinajstić information content (AvgIpc) is 3.32. The number of nitrogens with one attached hydrogen (secondary N) is 2. The van der Waals surface area contributed by atoms with Crippen molar-refractivity contribution in [1.82, 2.24) is 10.3 Å². The Bertz CT molecular complexity index is 1560. The van der Waals surface area contributed by atoms with Crippen LogP contribution in [0.25, 0.3) is 22.6 Å². The fourth-order valence-electron chi connectivity index (χ4n) is 4.17. The number of hydrogen-bond acceptors (Lipinski definition) is 9. The molecule has 0 atom stereocenters. The van der Waals surface area contributed by atoms with E-state index in [1.54, 1.807) is 18.2 Å². The van der Waals surface area contributed by atoms with Crippen LogP contribution in [0.3, 0.4) is 0 Å². The van der Waals surface area contributed by atoms with Crippen molar-refractivity contribution >= 4 is 51.4 Å². The summed E-state index contributed by atoms with van der Waals surface area (Å²) in [5.74, 6) is -0.407. The Morgan fingerprint density at radius 3 is 2.68 bits per heavy atom. The third-order valence-corrected chi connectivity index (χ3v) is 6.25. The summed E-state index contributed by atoms with van der Waals surface area (Å²) in [5, 5.41) is 27.2. The van der Waals surface area contributed by atoms with Gasteiger partial charge in [0.15, 0.2) is 10.7 Å². The van der Waals surface area contributed by atoms with E-state index in [0.717, 1.165) is 5.56 Å². The number of nitro groups is 1. The maximum atomic E-state index is 13.2. The fourth-order valence-corrected chi connectivity index (χ4v) is 4.38. The molecular weight excluding hydrogens is 510 g/mol. The quantitative estimate of drug-likeness (QED) is 0.146. The van der Waals surface area contributed by atoms with Crippen molar-refractivity contribution in [2.75, 3.05) is 36.5 Å². The second kappa shape index (κ2) is 10.4. The number of rotatable bonds is 5. The molecule has 0 aliphatic carbocycles. The summed E-state index contributed by atoms with van der Waals surface area (Å²) < 4.78 is 11.2. The highest BCUT2D eigenvalue weighted by atomic mass is 32.1. The Labute approximate surface area is 222 Å². The summed E-state index contributed by atoms with van der Waals surface area (Å²) in [6.45, 7) is 4.02. The third-order valence-electron chi connectivity index (χ3n) is 6.04. The van der Waals surface area contributed by atoms with Crippen LogP contribution in [0.4, 0.5) is 17.1 Å². The van der Waals surface area contributed by atoms with Crippen LogP contribution in [0.2, 0.25) is 0 Å². The standard InChI is InChI=1S/C26H23N5O6S/c1-15-2-7-23-20(12-15)28-25(37-23)19-13-16(3-6-22(19)32)27-26(38)29-24(33)18-14-17(31(34)35)4-5-21(18)30-8-10-36-11-9-30/h2-7,12-14,32H,8-11H2,1H3,(H2,27,29,33,38). The summed E-state index contributed by atoms with van der Waals surface area (Å²) in [7, 11) is 0. The van der Waals surface area contributed by atoms with Crippen molar-refractivity contribution in [2.45, 2.75) is 6.92 Å². The Morgan fingerprint density at radius 1 is 1.13 bits per heavy atom. The molecule has 0 bridgehead atoms. The molecule has 0 radical (unpaired) electrons. The van der Waals surface area contributed by atoms with Crippen LogP contribution in [-0.4, -0.2) is 52.3 Å². The number of aromatic nitrogens is 1. The first kappa shape index (κ1) is 25.1. The lowest BCUT2D eigenvalue weighted by molar-refractivity contribution is -0.384. The number of nitro benzene ring substituents is 1. The Hall–Kier alpha value is -4.55. The van der Waals surface area contributed by atoms with Gasteiger partial charge in [0.25, 0.3) is 11.6 Å². The van der Waals surface area contributed by atoms with E-state index in [9.17, 15) is 20.0 Å².